The normalized spacial score (nSPS) is 18.0. The van der Waals surface area contributed by atoms with Crippen LogP contribution in [0.4, 0.5) is 5.69 Å². The Balaban J connectivity index is 1.56. The average Bonchev–Trinajstić information content (AvgIpc) is 3.17. The number of anilines is 1. The number of benzene rings is 2. The maximum absolute atomic E-state index is 13.1. The van der Waals surface area contributed by atoms with Gasteiger partial charge >= 0.3 is 0 Å². The van der Waals surface area contributed by atoms with Crippen molar-refractivity contribution in [2.24, 2.45) is 0 Å². The lowest BCUT2D eigenvalue weighted by molar-refractivity contribution is -0.127. The number of nitrogens with zero attached hydrogens (tertiary/aromatic N) is 2. The molecule has 2 aliphatic rings. The number of ether oxygens (including phenoxy) is 2. The Hall–Kier alpha value is -2.58. The van der Waals surface area contributed by atoms with Crippen molar-refractivity contribution >= 4 is 21.6 Å². The van der Waals surface area contributed by atoms with Gasteiger partial charge < -0.3 is 14.4 Å². The Bertz CT molecular complexity index is 1030. The minimum atomic E-state index is -3.53. The summed E-state index contributed by atoms with van der Waals surface area (Å²) >= 11 is 0. The summed E-state index contributed by atoms with van der Waals surface area (Å²) in [4.78, 5) is 15.0. The zero-order chi connectivity index (χ0) is 20.6. The van der Waals surface area contributed by atoms with Gasteiger partial charge in [0, 0.05) is 25.3 Å². The molecule has 4 rings (SSSR count). The third kappa shape index (κ3) is 3.47. The minimum Gasteiger partial charge on any atom is -0.485 e. The molecule has 0 saturated heterocycles. The zero-order valence-electron chi connectivity index (χ0n) is 16.5. The Labute approximate surface area is 170 Å². The molecule has 0 saturated carbocycles. The first-order valence-corrected chi connectivity index (χ1v) is 11.2. The Morgan fingerprint density at radius 3 is 2.59 bits per heavy atom. The summed E-state index contributed by atoms with van der Waals surface area (Å²) in [5.74, 6) is 0.999. The summed E-state index contributed by atoms with van der Waals surface area (Å²) in [5.41, 5.74) is 1.58. The highest BCUT2D eigenvalue weighted by atomic mass is 32.2. The fourth-order valence-electron chi connectivity index (χ4n) is 3.80. The summed E-state index contributed by atoms with van der Waals surface area (Å²) in [6, 6.07) is 12.2. The van der Waals surface area contributed by atoms with E-state index in [0.29, 0.717) is 37.6 Å². The van der Waals surface area contributed by atoms with E-state index in [1.807, 2.05) is 26.0 Å². The van der Waals surface area contributed by atoms with Gasteiger partial charge in [0.25, 0.3) is 5.91 Å². The summed E-state index contributed by atoms with van der Waals surface area (Å²) in [5, 5.41) is 0. The standard InChI is InChI=1S/C21H24N2O5S/c1-3-22(4-2)29(25,26)16-9-10-17-15(13-16)11-12-23(17)21(24)20-14-27-18-7-5-6-8-19(18)28-20/h5-10,13,20H,3-4,11-12,14H2,1-2H3/t20-/m0/s1. The highest BCUT2D eigenvalue weighted by Crippen LogP contribution is 2.34. The Morgan fingerprint density at radius 1 is 1.14 bits per heavy atom. The second-order valence-electron chi connectivity index (χ2n) is 6.98. The SMILES string of the molecule is CCN(CC)S(=O)(=O)c1ccc2c(c1)CCN2C(=O)[C@@H]1COc2ccccc2O1. The van der Waals surface area contributed by atoms with Crippen LogP contribution >= 0.6 is 0 Å². The van der Waals surface area contributed by atoms with Crippen LogP contribution in [-0.4, -0.2) is 51.0 Å². The van der Waals surface area contributed by atoms with Crippen LogP contribution < -0.4 is 14.4 Å². The van der Waals surface area contributed by atoms with E-state index in [9.17, 15) is 13.2 Å². The van der Waals surface area contributed by atoms with Crippen molar-refractivity contribution in [2.75, 3.05) is 31.1 Å². The van der Waals surface area contributed by atoms with Crippen molar-refractivity contribution in [1.82, 2.24) is 4.31 Å². The molecule has 154 valence electrons. The van der Waals surface area contributed by atoms with Crippen molar-refractivity contribution < 1.29 is 22.7 Å². The van der Waals surface area contributed by atoms with E-state index in [-0.39, 0.29) is 17.4 Å². The number of amides is 1. The number of para-hydroxylation sites is 2. The smallest absolute Gasteiger partial charge is 0.271 e. The molecule has 7 nitrogen and oxygen atoms in total. The van der Waals surface area contributed by atoms with E-state index in [4.69, 9.17) is 9.47 Å². The van der Waals surface area contributed by atoms with Crippen LogP contribution in [-0.2, 0) is 21.2 Å². The molecule has 1 amide bonds. The molecular formula is C21H24N2O5S. The first kappa shape index (κ1) is 19.7. The maximum atomic E-state index is 13.1. The van der Waals surface area contributed by atoms with E-state index in [1.165, 1.54) is 4.31 Å². The van der Waals surface area contributed by atoms with Crippen LogP contribution in [0.25, 0.3) is 0 Å². The van der Waals surface area contributed by atoms with Gasteiger partial charge in [-0.1, -0.05) is 26.0 Å². The first-order chi connectivity index (χ1) is 14.0. The number of rotatable bonds is 5. The van der Waals surface area contributed by atoms with Crippen LogP contribution in [0.15, 0.2) is 47.4 Å². The van der Waals surface area contributed by atoms with Crippen molar-refractivity contribution in [3.63, 3.8) is 0 Å². The lowest BCUT2D eigenvalue weighted by atomic mass is 10.2. The molecule has 0 N–H and O–H groups in total. The quantitative estimate of drug-likeness (QED) is 0.748. The van der Waals surface area contributed by atoms with E-state index >= 15 is 0 Å². The third-order valence-corrected chi connectivity index (χ3v) is 7.39. The van der Waals surface area contributed by atoms with E-state index < -0.39 is 16.1 Å². The first-order valence-electron chi connectivity index (χ1n) is 9.78. The minimum absolute atomic E-state index is 0.149. The highest BCUT2D eigenvalue weighted by molar-refractivity contribution is 7.89. The fraction of sp³-hybridized carbons (Fsp3) is 0.381. The molecule has 0 unspecified atom stereocenters. The third-order valence-electron chi connectivity index (χ3n) is 5.34. The molecule has 2 aromatic rings. The van der Waals surface area contributed by atoms with Gasteiger partial charge in [0.15, 0.2) is 11.5 Å². The molecule has 8 heteroatoms. The predicted molar refractivity (Wildman–Crippen MR) is 109 cm³/mol. The van der Waals surface area contributed by atoms with Crippen molar-refractivity contribution in [2.45, 2.75) is 31.3 Å². The van der Waals surface area contributed by atoms with E-state index in [1.54, 1.807) is 35.2 Å². The number of hydrogen-bond donors (Lipinski definition) is 0. The summed E-state index contributed by atoms with van der Waals surface area (Å²) in [7, 11) is -3.53. The van der Waals surface area contributed by atoms with Crippen LogP contribution in [0, 0.1) is 0 Å². The fourth-order valence-corrected chi connectivity index (χ4v) is 5.30. The Kier molecular flexibility index (Phi) is 5.23. The average molecular weight is 416 g/mol. The molecule has 0 aromatic heterocycles. The number of fused-ring (bicyclic) bond motifs is 2. The molecule has 1 atom stereocenters. The molecule has 0 aliphatic carbocycles. The van der Waals surface area contributed by atoms with Gasteiger partial charge in [0.1, 0.15) is 6.61 Å². The number of carbonyl (C=O) groups is 1. The van der Waals surface area contributed by atoms with Crippen LogP contribution in [0.1, 0.15) is 19.4 Å². The molecule has 2 heterocycles. The van der Waals surface area contributed by atoms with Crippen molar-refractivity contribution in [3.8, 4) is 11.5 Å². The number of hydrogen-bond acceptors (Lipinski definition) is 5. The van der Waals surface area contributed by atoms with Crippen molar-refractivity contribution in [1.29, 1.82) is 0 Å². The van der Waals surface area contributed by atoms with Gasteiger partial charge in [0.2, 0.25) is 16.1 Å². The summed E-state index contributed by atoms with van der Waals surface area (Å²) in [6.07, 6.45) is -0.123. The predicted octanol–water partition coefficient (Wildman–Crippen LogP) is 2.45. The second kappa shape index (κ2) is 7.68. The van der Waals surface area contributed by atoms with Crippen LogP contribution in [0.2, 0.25) is 0 Å². The largest absolute Gasteiger partial charge is 0.485 e. The van der Waals surface area contributed by atoms with Gasteiger partial charge in [-0.2, -0.15) is 4.31 Å². The molecular weight excluding hydrogens is 392 g/mol. The Morgan fingerprint density at radius 2 is 1.86 bits per heavy atom. The summed E-state index contributed by atoms with van der Waals surface area (Å²) < 4.78 is 38.5. The monoisotopic (exact) mass is 416 g/mol. The molecule has 0 bridgehead atoms. The molecule has 2 aliphatic heterocycles. The van der Waals surface area contributed by atoms with Crippen LogP contribution in [0.3, 0.4) is 0 Å². The molecule has 0 fully saturated rings. The van der Waals surface area contributed by atoms with Crippen LogP contribution in [0.5, 0.6) is 11.5 Å². The lowest BCUT2D eigenvalue weighted by Crippen LogP contribution is -2.46. The van der Waals surface area contributed by atoms with Crippen molar-refractivity contribution in [3.05, 3.63) is 48.0 Å². The van der Waals surface area contributed by atoms with Gasteiger partial charge in [-0.05, 0) is 42.3 Å². The molecule has 2 aromatic carbocycles. The maximum Gasteiger partial charge on any atom is 0.271 e. The van der Waals surface area contributed by atoms with E-state index in [0.717, 1.165) is 11.3 Å². The number of sulfonamides is 1. The molecule has 0 spiro atoms. The second-order valence-corrected chi connectivity index (χ2v) is 8.92. The molecule has 0 radical (unpaired) electrons. The van der Waals surface area contributed by atoms with E-state index in [2.05, 4.69) is 0 Å². The molecule has 29 heavy (non-hydrogen) atoms. The number of carbonyl (C=O) groups excluding carboxylic acids is 1. The highest BCUT2D eigenvalue weighted by Gasteiger charge is 2.35. The topological polar surface area (TPSA) is 76.2 Å². The summed E-state index contributed by atoms with van der Waals surface area (Å²) in [6.45, 7) is 5.11. The lowest BCUT2D eigenvalue weighted by Gasteiger charge is -2.29. The zero-order valence-corrected chi connectivity index (χ0v) is 17.3. The van der Waals surface area contributed by atoms with Gasteiger partial charge in [-0.3, -0.25) is 4.79 Å². The van der Waals surface area contributed by atoms with Gasteiger partial charge in [0.05, 0.1) is 4.90 Å². The van der Waals surface area contributed by atoms with Gasteiger partial charge in [-0.25, -0.2) is 8.42 Å². The van der Waals surface area contributed by atoms with Gasteiger partial charge in [-0.15, -0.1) is 0 Å².